The van der Waals surface area contributed by atoms with E-state index in [0.717, 1.165) is 31.3 Å². The molecule has 6 heteroatoms. The fourth-order valence-electron chi connectivity index (χ4n) is 2.22. The molecule has 0 atom stereocenters. The Bertz CT molecular complexity index is 448. The summed E-state index contributed by atoms with van der Waals surface area (Å²) in [5.74, 6) is -0.527. The van der Waals surface area contributed by atoms with Gasteiger partial charge in [-0.25, -0.2) is 4.39 Å². The van der Waals surface area contributed by atoms with Crippen molar-refractivity contribution in [3.63, 3.8) is 0 Å². The maximum absolute atomic E-state index is 13.1. The highest BCUT2D eigenvalue weighted by atomic mass is 19.1. The van der Waals surface area contributed by atoms with E-state index in [2.05, 4.69) is 4.90 Å². The van der Waals surface area contributed by atoms with Gasteiger partial charge in [0, 0.05) is 18.7 Å². The summed E-state index contributed by atoms with van der Waals surface area (Å²) in [5.41, 5.74) is -0.194. The van der Waals surface area contributed by atoms with E-state index in [0.29, 0.717) is 13.2 Å². The molecule has 0 bridgehead atoms. The van der Waals surface area contributed by atoms with E-state index >= 15 is 0 Å². The topological polar surface area (TPSA) is 55.6 Å². The van der Waals surface area contributed by atoms with Crippen molar-refractivity contribution in [2.75, 3.05) is 26.2 Å². The van der Waals surface area contributed by atoms with Crippen LogP contribution in [-0.2, 0) is 0 Å². The lowest BCUT2D eigenvalue weighted by molar-refractivity contribution is -0.385. The second-order valence-electron chi connectivity index (χ2n) is 4.62. The van der Waals surface area contributed by atoms with Gasteiger partial charge >= 0.3 is 5.69 Å². The molecule has 104 valence electrons. The van der Waals surface area contributed by atoms with Crippen LogP contribution in [0.2, 0.25) is 0 Å². The molecule has 2 rings (SSSR count). The Kier molecular flexibility index (Phi) is 4.68. The Balaban J connectivity index is 1.91. The van der Waals surface area contributed by atoms with Crippen LogP contribution in [0, 0.1) is 15.9 Å². The van der Waals surface area contributed by atoms with Gasteiger partial charge in [-0.15, -0.1) is 0 Å². The molecule has 0 spiro atoms. The SMILES string of the molecule is O=[N+]([O-])c1ccc(F)cc1OCCN1CCCCC1. The standard InChI is InChI=1S/C13H17FN2O3/c14-11-4-5-12(16(17)18)13(10-11)19-9-8-15-6-2-1-3-7-15/h4-5,10H,1-3,6-9H2. The van der Waals surface area contributed by atoms with Crippen LogP contribution in [0.4, 0.5) is 10.1 Å². The van der Waals surface area contributed by atoms with E-state index in [1.54, 1.807) is 0 Å². The minimum atomic E-state index is -0.560. The third-order valence-electron chi connectivity index (χ3n) is 3.23. The summed E-state index contributed by atoms with van der Waals surface area (Å²) < 4.78 is 18.4. The number of halogens is 1. The third-order valence-corrected chi connectivity index (χ3v) is 3.23. The van der Waals surface area contributed by atoms with Crippen molar-refractivity contribution in [1.82, 2.24) is 4.90 Å². The largest absolute Gasteiger partial charge is 0.485 e. The first-order chi connectivity index (χ1) is 9.16. The minimum Gasteiger partial charge on any atom is -0.485 e. The second-order valence-corrected chi connectivity index (χ2v) is 4.62. The fourth-order valence-corrected chi connectivity index (χ4v) is 2.22. The molecule has 0 radical (unpaired) electrons. The zero-order chi connectivity index (χ0) is 13.7. The summed E-state index contributed by atoms with van der Waals surface area (Å²) >= 11 is 0. The van der Waals surface area contributed by atoms with Crippen molar-refractivity contribution in [3.05, 3.63) is 34.1 Å². The minimum absolute atomic E-state index is 0.00186. The highest BCUT2D eigenvalue weighted by Gasteiger charge is 2.16. The van der Waals surface area contributed by atoms with Crippen molar-refractivity contribution >= 4 is 5.69 Å². The van der Waals surface area contributed by atoms with E-state index < -0.39 is 10.7 Å². The normalized spacial score (nSPS) is 16.3. The van der Waals surface area contributed by atoms with Crippen LogP contribution >= 0.6 is 0 Å². The van der Waals surface area contributed by atoms with Gasteiger partial charge in [-0.2, -0.15) is 0 Å². The van der Waals surface area contributed by atoms with Gasteiger partial charge < -0.3 is 4.74 Å². The van der Waals surface area contributed by atoms with Crippen molar-refractivity contribution < 1.29 is 14.1 Å². The van der Waals surface area contributed by atoms with Crippen molar-refractivity contribution in [2.45, 2.75) is 19.3 Å². The summed E-state index contributed by atoms with van der Waals surface area (Å²) in [5, 5.41) is 10.8. The van der Waals surface area contributed by atoms with E-state index in [9.17, 15) is 14.5 Å². The monoisotopic (exact) mass is 268 g/mol. The molecule has 5 nitrogen and oxygen atoms in total. The lowest BCUT2D eigenvalue weighted by atomic mass is 10.1. The number of nitrogens with zero attached hydrogens (tertiary/aromatic N) is 2. The predicted molar refractivity (Wildman–Crippen MR) is 68.8 cm³/mol. The predicted octanol–water partition coefficient (Wildman–Crippen LogP) is 2.60. The summed E-state index contributed by atoms with van der Waals surface area (Å²) in [6.45, 7) is 3.13. The Morgan fingerprint density at radius 2 is 2.05 bits per heavy atom. The number of rotatable bonds is 5. The Hall–Kier alpha value is -1.69. The second kappa shape index (κ2) is 6.47. The average Bonchev–Trinajstić information content (AvgIpc) is 2.39. The maximum Gasteiger partial charge on any atom is 0.311 e. The number of benzene rings is 1. The molecule has 1 fully saturated rings. The molecule has 19 heavy (non-hydrogen) atoms. The molecule has 0 N–H and O–H groups in total. The van der Waals surface area contributed by atoms with Crippen LogP contribution in [-0.4, -0.2) is 36.1 Å². The van der Waals surface area contributed by atoms with Gasteiger partial charge in [-0.3, -0.25) is 15.0 Å². The van der Waals surface area contributed by atoms with Crippen LogP contribution in [0.3, 0.4) is 0 Å². The van der Waals surface area contributed by atoms with Gasteiger partial charge in [0.25, 0.3) is 0 Å². The molecule has 1 aliphatic heterocycles. The molecule has 1 aliphatic rings. The van der Waals surface area contributed by atoms with Crippen LogP contribution in [0.25, 0.3) is 0 Å². The summed E-state index contributed by atoms with van der Waals surface area (Å²) in [7, 11) is 0. The molecule has 1 saturated heterocycles. The molecule has 0 unspecified atom stereocenters. The first-order valence-electron chi connectivity index (χ1n) is 6.46. The lowest BCUT2D eigenvalue weighted by Gasteiger charge is -2.26. The molecule has 0 aliphatic carbocycles. The third kappa shape index (κ3) is 3.89. The molecular formula is C13H17FN2O3. The quantitative estimate of drug-likeness (QED) is 0.608. The van der Waals surface area contributed by atoms with E-state index in [1.165, 1.54) is 19.3 Å². The van der Waals surface area contributed by atoms with E-state index in [1.807, 2.05) is 0 Å². The summed E-state index contributed by atoms with van der Waals surface area (Å²) in [6.07, 6.45) is 3.62. The highest BCUT2D eigenvalue weighted by Crippen LogP contribution is 2.27. The first-order valence-corrected chi connectivity index (χ1v) is 6.46. The molecule has 0 aromatic heterocycles. The Morgan fingerprint density at radius 1 is 1.32 bits per heavy atom. The highest BCUT2D eigenvalue weighted by molar-refractivity contribution is 5.46. The van der Waals surface area contributed by atoms with Crippen molar-refractivity contribution in [3.8, 4) is 5.75 Å². The van der Waals surface area contributed by atoms with E-state index in [-0.39, 0.29) is 11.4 Å². The van der Waals surface area contributed by atoms with Crippen LogP contribution in [0.5, 0.6) is 5.75 Å². The van der Waals surface area contributed by atoms with Crippen molar-refractivity contribution in [1.29, 1.82) is 0 Å². The van der Waals surface area contributed by atoms with Gasteiger partial charge in [0.1, 0.15) is 12.4 Å². The average molecular weight is 268 g/mol. The van der Waals surface area contributed by atoms with Gasteiger partial charge in [0.05, 0.1) is 4.92 Å². The van der Waals surface area contributed by atoms with Crippen LogP contribution < -0.4 is 4.74 Å². The zero-order valence-electron chi connectivity index (χ0n) is 10.7. The number of hydrogen-bond donors (Lipinski definition) is 0. The molecule has 0 saturated carbocycles. The summed E-state index contributed by atoms with van der Waals surface area (Å²) in [4.78, 5) is 12.5. The number of nitro benzene ring substituents is 1. The number of hydrogen-bond acceptors (Lipinski definition) is 4. The molecule has 0 amide bonds. The molecule has 1 aromatic rings. The Morgan fingerprint density at radius 3 is 2.74 bits per heavy atom. The Labute approximate surface area is 111 Å². The van der Waals surface area contributed by atoms with Gasteiger partial charge in [-0.1, -0.05) is 6.42 Å². The number of likely N-dealkylation sites (tertiary alicyclic amines) is 1. The van der Waals surface area contributed by atoms with E-state index in [4.69, 9.17) is 4.74 Å². The van der Waals surface area contributed by atoms with Gasteiger partial charge in [-0.05, 0) is 32.0 Å². The molecule has 1 heterocycles. The number of nitro groups is 1. The van der Waals surface area contributed by atoms with Crippen molar-refractivity contribution in [2.24, 2.45) is 0 Å². The summed E-state index contributed by atoms with van der Waals surface area (Å²) in [6, 6.07) is 3.26. The molecule has 1 aromatic carbocycles. The smallest absolute Gasteiger partial charge is 0.311 e. The van der Waals surface area contributed by atoms with Gasteiger partial charge in [0.2, 0.25) is 0 Å². The van der Waals surface area contributed by atoms with Crippen LogP contribution in [0.15, 0.2) is 18.2 Å². The fraction of sp³-hybridized carbons (Fsp3) is 0.538. The molecular weight excluding hydrogens is 251 g/mol. The number of ether oxygens (including phenoxy) is 1. The zero-order valence-corrected chi connectivity index (χ0v) is 10.7. The van der Waals surface area contributed by atoms with Gasteiger partial charge in [0.15, 0.2) is 5.75 Å². The first kappa shape index (κ1) is 13.7. The number of piperidine rings is 1. The van der Waals surface area contributed by atoms with Crippen LogP contribution in [0.1, 0.15) is 19.3 Å². The lowest BCUT2D eigenvalue weighted by Crippen LogP contribution is -2.33. The maximum atomic E-state index is 13.1.